The molecule has 0 aliphatic heterocycles. The van der Waals surface area contributed by atoms with Crippen molar-refractivity contribution in [1.29, 1.82) is 0 Å². The van der Waals surface area contributed by atoms with Crippen molar-refractivity contribution in [3.05, 3.63) is 30.2 Å². The number of hydrogen-bond acceptors (Lipinski definition) is 4. The maximum Gasteiger partial charge on any atom is 0.248 e. The first-order valence-corrected chi connectivity index (χ1v) is 6.69. The molecule has 0 bridgehead atoms. The van der Waals surface area contributed by atoms with Crippen molar-refractivity contribution in [3.8, 4) is 11.5 Å². The number of nitrogens with zero attached hydrogens (tertiary/aromatic N) is 2. The lowest BCUT2D eigenvalue weighted by Gasteiger charge is -2.04. The number of alkyl halides is 1. The van der Waals surface area contributed by atoms with E-state index in [1.54, 1.807) is 11.8 Å². The first kappa shape index (κ1) is 10.7. The van der Waals surface area contributed by atoms with Crippen LogP contribution in [-0.4, -0.2) is 16.5 Å². The molecule has 15 heavy (non-hydrogen) atoms. The standard InChI is InChI=1S/C10H9BrN2OS/c1-15-9-3-2-7(5-11)4-8(9)10-13-12-6-14-10/h2-4,6H,5H2,1H3. The minimum absolute atomic E-state index is 0.571. The van der Waals surface area contributed by atoms with Crippen molar-refractivity contribution >= 4 is 27.7 Å². The Kier molecular flexibility index (Phi) is 3.43. The first-order valence-electron chi connectivity index (χ1n) is 4.34. The van der Waals surface area contributed by atoms with E-state index < -0.39 is 0 Å². The Balaban J connectivity index is 2.52. The van der Waals surface area contributed by atoms with E-state index in [9.17, 15) is 0 Å². The van der Waals surface area contributed by atoms with E-state index in [-0.39, 0.29) is 0 Å². The summed E-state index contributed by atoms with van der Waals surface area (Å²) in [5, 5.41) is 8.44. The number of thioether (sulfide) groups is 1. The summed E-state index contributed by atoms with van der Waals surface area (Å²) in [5.74, 6) is 0.571. The highest BCUT2D eigenvalue weighted by Gasteiger charge is 2.09. The minimum Gasteiger partial charge on any atom is -0.423 e. The number of benzene rings is 1. The Labute approximate surface area is 100 Å². The van der Waals surface area contributed by atoms with Gasteiger partial charge in [0.1, 0.15) is 0 Å². The van der Waals surface area contributed by atoms with Crippen LogP contribution >= 0.6 is 27.7 Å². The van der Waals surface area contributed by atoms with Crippen molar-refractivity contribution in [2.75, 3.05) is 6.26 Å². The highest BCUT2D eigenvalue weighted by Crippen LogP contribution is 2.30. The number of hydrogen-bond donors (Lipinski definition) is 0. The Morgan fingerprint density at radius 2 is 2.33 bits per heavy atom. The highest BCUT2D eigenvalue weighted by molar-refractivity contribution is 9.08. The van der Waals surface area contributed by atoms with E-state index in [1.165, 1.54) is 12.0 Å². The maximum atomic E-state index is 5.21. The molecular weight excluding hydrogens is 276 g/mol. The Bertz CT molecular complexity index is 445. The molecule has 1 aromatic carbocycles. The van der Waals surface area contributed by atoms with Gasteiger partial charge in [-0.15, -0.1) is 22.0 Å². The molecule has 5 heteroatoms. The zero-order valence-electron chi connectivity index (χ0n) is 8.11. The van der Waals surface area contributed by atoms with Gasteiger partial charge < -0.3 is 4.42 Å². The monoisotopic (exact) mass is 284 g/mol. The summed E-state index contributed by atoms with van der Waals surface area (Å²) in [6.45, 7) is 0. The summed E-state index contributed by atoms with van der Waals surface area (Å²) in [6, 6.07) is 6.22. The molecule has 1 aromatic heterocycles. The van der Waals surface area contributed by atoms with E-state index in [4.69, 9.17) is 4.42 Å². The minimum atomic E-state index is 0.571. The third kappa shape index (κ3) is 2.23. The van der Waals surface area contributed by atoms with Crippen LogP contribution in [0, 0.1) is 0 Å². The van der Waals surface area contributed by atoms with Crippen LogP contribution in [0.25, 0.3) is 11.5 Å². The van der Waals surface area contributed by atoms with E-state index in [0.29, 0.717) is 5.89 Å². The molecule has 0 aliphatic rings. The van der Waals surface area contributed by atoms with Gasteiger partial charge in [-0.1, -0.05) is 22.0 Å². The first-order chi connectivity index (χ1) is 7.35. The highest BCUT2D eigenvalue weighted by atomic mass is 79.9. The van der Waals surface area contributed by atoms with Gasteiger partial charge in [0.15, 0.2) is 0 Å². The Hall–Kier alpha value is -0.810. The van der Waals surface area contributed by atoms with Crippen LogP contribution < -0.4 is 0 Å². The number of halogens is 1. The third-order valence-electron chi connectivity index (χ3n) is 2.01. The van der Waals surface area contributed by atoms with E-state index in [0.717, 1.165) is 15.8 Å². The lowest BCUT2D eigenvalue weighted by Crippen LogP contribution is -1.86. The fourth-order valence-electron chi connectivity index (χ4n) is 1.30. The zero-order chi connectivity index (χ0) is 10.7. The fraction of sp³-hybridized carbons (Fsp3) is 0.200. The van der Waals surface area contributed by atoms with Crippen molar-refractivity contribution in [3.63, 3.8) is 0 Å². The second kappa shape index (κ2) is 4.81. The Morgan fingerprint density at radius 1 is 1.47 bits per heavy atom. The molecule has 0 atom stereocenters. The predicted octanol–water partition coefficient (Wildman–Crippen LogP) is 3.35. The van der Waals surface area contributed by atoms with Crippen molar-refractivity contribution in [2.45, 2.75) is 10.2 Å². The Morgan fingerprint density at radius 3 is 2.93 bits per heavy atom. The molecular formula is C10H9BrN2OS. The molecule has 1 heterocycles. The lowest BCUT2D eigenvalue weighted by molar-refractivity contribution is 0.567. The SMILES string of the molecule is CSc1ccc(CBr)cc1-c1nnco1. The van der Waals surface area contributed by atoms with E-state index in [1.807, 2.05) is 6.26 Å². The average molecular weight is 285 g/mol. The normalized spacial score (nSPS) is 10.5. The molecule has 0 fully saturated rings. The topological polar surface area (TPSA) is 38.9 Å². The van der Waals surface area contributed by atoms with Gasteiger partial charge in [-0.05, 0) is 24.0 Å². The fourth-order valence-corrected chi connectivity index (χ4v) is 2.21. The molecule has 0 aliphatic carbocycles. The average Bonchev–Trinajstić information content (AvgIpc) is 2.81. The summed E-state index contributed by atoms with van der Waals surface area (Å²) in [5.41, 5.74) is 2.19. The van der Waals surface area contributed by atoms with Crippen LogP contribution in [0.15, 0.2) is 33.9 Å². The molecule has 2 aromatic rings. The van der Waals surface area contributed by atoms with Crippen LogP contribution in [0.1, 0.15) is 5.56 Å². The lowest BCUT2D eigenvalue weighted by atomic mass is 10.1. The number of aromatic nitrogens is 2. The van der Waals surface area contributed by atoms with Crippen LogP contribution in [-0.2, 0) is 5.33 Å². The van der Waals surface area contributed by atoms with Crippen molar-refractivity contribution in [1.82, 2.24) is 10.2 Å². The van der Waals surface area contributed by atoms with Gasteiger partial charge in [0.25, 0.3) is 0 Å². The summed E-state index contributed by atoms with van der Waals surface area (Å²) < 4.78 is 5.21. The summed E-state index contributed by atoms with van der Waals surface area (Å²) in [6.07, 6.45) is 3.38. The van der Waals surface area contributed by atoms with Crippen LogP contribution in [0.3, 0.4) is 0 Å². The van der Waals surface area contributed by atoms with Crippen molar-refractivity contribution < 1.29 is 4.42 Å². The van der Waals surface area contributed by atoms with E-state index >= 15 is 0 Å². The van der Waals surface area contributed by atoms with Gasteiger partial charge >= 0.3 is 0 Å². The van der Waals surface area contributed by atoms with Crippen LogP contribution in [0.5, 0.6) is 0 Å². The molecule has 0 radical (unpaired) electrons. The third-order valence-corrected chi connectivity index (χ3v) is 3.45. The van der Waals surface area contributed by atoms with Gasteiger partial charge in [0.05, 0.1) is 5.56 Å². The second-order valence-corrected chi connectivity index (χ2v) is 4.32. The molecule has 2 rings (SSSR count). The van der Waals surface area contributed by atoms with Crippen molar-refractivity contribution in [2.24, 2.45) is 0 Å². The molecule has 0 unspecified atom stereocenters. The zero-order valence-corrected chi connectivity index (χ0v) is 10.5. The summed E-state index contributed by atoms with van der Waals surface area (Å²) in [7, 11) is 0. The second-order valence-electron chi connectivity index (χ2n) is 2.91. The van der Waals surface area contributed by atoms with E-state index in [2.05, 4.69) is 44.3 Å². The van der Waals surface area contributed by atoms with Gasteiger partial charge in [-0.2, -0.15) is 0 Å². The molecule has 0 amide bonds. The molecule has 78 valence electrons. The molecule has 0 saturated heterocycles. The summed E-state index contributed by atoms with van der Waals surface area (Å²) in [4.78, 5) is 1.14. The van der Waals surface area contributed by atoms with Gasteiger partial charge in [0.2, 0.25) is 12.3 Å². The van der Waals surface area contributed by atoms with Gasteiger partial charge in [-0.3, -0.25) is 0 Å². The van der Waals surface area contributed by atoms with Crippen LogP contribution in [0.4, 0.5) is 0 Å². The quantitative estimate of drug-likeness (QED) is 0.640. The van der Waals surface area contributed by atoms with Gasteiger partial charge in [0, 0.05) is 10.2 Å². The van der Waals surface area contributed by atoms with Gasteiger partial charge in [-0.25, -0.2) is 0 Å². The predicted molar refractivity (Wildman–Crippen MR) is 64.1 cm³/mol. The molecule has 0 saturated carbocycles. The largest absolute Gasteiger partial charge is 0.423 e. The smallest absolute Gasteiger partial charge is 0.248 e. The number of rotatable bonds is 3. The molecule has 0 spiro atoms. The maximum absolute atomic E-state index is 5.21. The summed E-state index contributed by atoms with van der Waals surface area (Å²) >= 11 is 5.10. The molecule has 0 N–H and O–H groups in total. The van der Waals surface area contributed by atoms with Crippen LogP contribution in [0.2, 0.25) is 0 Å². The molecule has 3 nitrogen and oxygen atoms in total.